The third-order valence-corrected chi connectivity index (χ3v) is 3.36. The van der Waals surface area contributed by atoms with Crippen molar-refractivity contribution < 1.29 is 4.79 Å². The number of anilines is 3. The molecule has 5 heteroatoms. The van der Waals surface area contributed by atoms with E-state index in [2.05, 4.69) is 15.6 Å². The molecule has 0 radical (unpaired) electrons. The molecule has 0 saturated heterocycles. The smallest absolute Gasteiger partial charge is 0.244 e. The highest BCUT2D eigenvalue weighted by atomic mass is 16.2. The van der Waals surface area contributed by atoms with Gasteiger partial charge in [-0.25, -0.2) is 4.98 Å². The normalized spacial score (nSPS) is 13.2. The van der Waals surface area contributed by atoms with Crippen molar-refractivity contribution in [2.24, 2.45) is 5.73 Å². The lowest BCUT2D eigenvalue weighted by Crippen LogP contribution is -2.48. The van der Waals surface area contributed by atoms with Crippen molar-refractivity contribution in [2.75, 3.05) is 10.6 Å². The fourth-order valence-electron chi connectivity index (χ4n) is 2.12. The van der Waals surface area contributed by atoms with Gasteiger partial charge in [0.05, 0.1) is 17.4 Å². The monoisotopic (exact) mass is 298 g/mol. The summed E-state index contributed by atoms with van der Waals surface area (Å²) in [5.41, 5.74) is 6.74. The first kappa shape index (κ1) is 16.0. The van der Waals surface area contributed by atoms with E-state index in [1.54, 1.807) is 19.2 Å². The van der Waals surface area contributed by atoms with Crippen LogP contribution in [0.5, 0.6) is 0 Å². The zero-order valence-corrected chi connectivity index (χ0v) is 13.0. The largest absolute Gasteiger partial charge is 0.340 e. The highest BCUT2D eigenvalue weighted by Crippen LogP contribution is 2.17. The molecule has 1 amide bonds. The Kier molecular flexibility index (Phi) is 5.12. The summed E-state index contributed by atoms with van der Waals surface area (Å²) < 4.78 is 0. The molecule has 1 aromatic heterocycles. The zero-order chi connectivity index (χ0) is 16.0. The molecule has 1 aromatic carbocycles. The molecule has 0 spiro atoms. The van der Waals surface area contributed by atoms with Crippen LogP contribution in [-0.4, -0.2) is 16.4 Å². The minimum atomic E-state index is -0.865. The maximum absolute atomic E-state index is 12.1. The lowest BCUT2D eigenvalue weighted by atomic mass is 9.96. The molecule has 0 bridgehead atoms. The fraction of sp³-hybridized carbons (Fsp3) is 0.294. The maximum Gasteiger partial charge on any atom is 0.244 e. The molecule has 0 aliphatic rings. The first-order valence-corrected chi connectivity index (χ1v) is 7.40. The van der Waals surface area contributed by atoms with E-state index in [9.17, 15) is 4.79 Å². The molecule has 1 unspecified atom stereocenters. The van der Waals surface area contributed by atoms with Gasteiger partial charge in [-0.2, -0.15) is 0 Å². The van der Waals surface area contributed by atoms with E-state index in [-0.39, 0.29) is 5.91 Å². The Morgan fingerprint density at radius 1 is 1.18 bits per heavy atom. The summed E-state index contributed by atoms with van der Waals surface area (Å²) in [5, 5.41) is 5.99. The van der Waals surface area contributed by atoms with E-state index in [1.807, 2.05) is 43.3 Å². The van der Waals surface area contributed by atoms with Gasteiger partial charge in [0, 0.05) is 5.69 Å². The second-order valence-corrected chi connectivity index (χ2v) is 5.54. The van der Waals surface area contributed by atoms with Crippen molar-refractivity contribution in [1.82, 2.24) is 4.98 Å². The van der Waals surface area contributed by atoms with Crippen molar-refractivity contribution in [3.63, 3.8) is 0 Å². The van der Waals surface area contributed by atoms with Gasteiger partial charge in [0.1, 0.15) is 5.82 Å². The van der Waals surface area contributed by atoms with Crippen molar-refractivity contribution in [2.45, 2.75) is 32.2 Å². The predicted molar refractivity (Wildman–Crippen MR) is 90.1 cm³/mol. The molecule has 2 rings (SSSR count). The molecule has 2 aromatic rings. The molecule has 5 nitrogen and oxygen atoms in total. The molecule has 0 aliphatic carbocycles. The highest BCUT2D eigenvalue weighted by Gasteiger charge is 2.27. The Balaban J connectivity index is 1.99. The Morgan fingerprint density at radius 2 is 1.91 bits per heavy atom. The molecule has 0 saturated carbocycles. The SMILES string of the molecule is CCCC(C)(N)C(=O)Nc1ccc(Nc2ccccc2)nc1. The number of para-hydroxylation sites is 1. The van der Waals surface area contributed by atoms with E-state index < -0.39 is 5.54 Å². The van der Waals surface area contributed by atoms with Gasteiger partial charge in [-0.1, -0.05) is 31.5 Å². The summed E-state index contributed by atoms with van der Waals surface area (Å²) in [6.07, 6.45) is 3.11. The number of nitrogens with two attached hydrogens (primary N) is 1. The van der Waals surface area contributed by atoms with Gasteiger partial charge in [-0.15, -0.1) is 0 Å². The van der Waals surface area contributed by atoms with E-state index in [4.69, 9.17) is 5.73 Å². The Labute approximate surface area is 130 Å². The van der Waals surface area contributed by atoms with E-state index in [0.29, 0.717) is 17.9 Å². The van der Waals surface area contributed by atoms with Gasteiger partial charge < -0.3 is 16.4 Å². The molecule has 0 aliphatic heterocycles. The minimum Gasteiger partial charge on any atom is -0.340 e. The molecule has 1 atom stereocenters. The summed E-state index contributed by atoms with van der Waals surface area (Å²) >= 11 is 0. The maximum atomic E-state index is 12.1. The number of carbonyl (C=O) groups excluding carboxylic acids is 1. The standard InChI is InChI=1S/C17H22N4O/c1-3-11-17(2,18)16(22)21-14-9-10-15(19-12-14)20-13-7-5-4-6-8-13/h4-10,12H,3,11,18H2,1-2H3,(H,19,20)(H,21,22). The predicted octanol–water partition coefficient (Wildman–Crippen LogP) is 3.28. The van der Waals surface area contributed by atoms with Gasteiger partial charge in [0.25, 0.3) is 0 Å². The third-order valence-electron chi connectivity index (χ3n) is 3.36. The van der Waals surface area contributed by atoms with E-state index in [0.717, 1.165) is 12.1 Å². The van der Waals surface area contributed by atoms with Crippen LogP contribution in [0.1, 0.15) is 26.7 Å². The number of nitrogens with zero attached hydrogens (tertiary/aromatic N) is 1. The number of hydrogen-bond donors (Lipinski definition) is 3. The van der Waals surface area contributed by atoms with Crippen LogP contribution < -0.4 is 16.4 Å². The van der Waals surface area contributed by atoms with E-state index in [1.165, 1.54) is 0 Å². The van der Waals surface area contributed by atoms with Gasteiger partial charge >= 0.3 is 0 Å². The lowest BCUT2D eigenvalue weighted by molar-refractivity contribution is -0.120. The average molecular weight is 298 g/mol. The molecule has 4 N–H and O–H groups in total. The van der Waals surface area contributed by atoms with Crippen LogP contribution in [0.15, 0.2) is 48.7 Å². The average Bonchev–Trinajstić information content (AvgIpc) is 2.50. The van der Waals surface area contributed by atoms with Gasteiger partial charge in [0.2, 0.25) is 5.91 Å². The Bertz CT molecular complexity index is 608. The molecule has 0 fully saturated rings. The second-order valence-electron chi connectivity index (χ2n) is 5.54. The van der Waals surface area contributed by atoms with Crippen LogP contribution >= 0.6 is 0 Å². The molecule has 1 heterocycles. The Morgan fingerprint density at radius 3 is 2.50 bits per heavy atom. The molecule has 116 valence electrons. The molecule has 22 heavy (non-hydrogen) atoms. The van der Waals surface area contributed by atoms with Gasteiger partial charge in [-0.05, 0) is 37.6 Å². The van der Waals surface area contributed by atoms with Crippen molar-refractivity contribution >= 4 is 23.1 Å². The van der Waals surface area contributed by atoms with Crippen molar-refractivity contribution in [3.8, 4) is 0 Å². The first-order valence-electron chi connectivity index (χ1n) is 7.40. The quantitative estimate of drug-likeness (QED) is 0.764. The summed E-state index contributed by atoms with van der Waals surface area (Å²) in [4.78, 5) is 16.4. The zero-order valence-electron chi connectivity index (χ0n) is 13.0. The number of rotatable bonds is 6. The van der Waals surface area contributed by atoms with Gasteiger partial charge in [-0.3, -0.25) is 4.79 Å². The molecular weight excluding hydrogens is 276 g/mol. The van der Waals surface area contributed by atoms with Crippen molar-refractivity contribution in [3.05, 3.63) is 48.7 Å². The van der Waals surface area contributed by atoms with Crippen LogP contribution in [0.25, 0.3) is 0 Å². The summed E-state index contributed by atoms with van der Waals surface area (Å²) in [6, 6.07) is 13.4. The number of hydrogen-bond acceptors (Lipinski definition) is 4. The van der Waals surface area contributed by atoms with Gasteiger partial charge in [0.15, 0.2) is 0 Å². The number of benzene rings is 1. The minimum absolute atomic E-state index is 0.195. The number of aromatic nitrogens is 1. The van der Waals surface area contributed by atoms with Crippen LogP contribution in [0.2, 0.25) is 0 Å². The lowest BCUT2D eigenvalue weighted by Gasteiger charge is -2.22. The van der Waals surface area contributed by atoms with Crippen molar-refractivity contribution in [1.29, 1.82) is 0 Å². The Hall–Kier alpha value is -2.40. The van der Waals surface area contributed by atoms with Crippen LogP contribution in [-0.2, 0) is 4.79 Å². The highest BCUT2D eigenvalue weighted by molar-refractivity contribution is 5.97. The number of amides is 1. The van der Waals surface area contributed by atoms with Crippen LogP contribution in [0, 0.1) is 0 Å². The summed E-state index contributed by atoms with van der Waals surface area (Å²) in [6.45, 7) is 3.74. The molecular formula is C17H22N4O. The first-order chi connectivity index (χ1) is 10.5. The van der Waals surface area contributed by atoms with Crippen LogP contribution in [0.4, 0.5) is 17.2 Å². The van der Waals surface area contributed by atoms with E-state index >= 15 is 0 Å². The number of pyridine rings is 1. The summed E-state index contributed by atoms with van der Waals surface area (Å²) in [7, 11) is 0. The number of carbonyl (C=O) groups is 1. The third kappa shape index (κ3) is 4.30. The second kappa shape index (κ2) is 7.04. The summed E-state index contributed by atoms with van der Waals surface area (Å²) in [5.74, 6) is 0.521. The van der Waals surface area contributed by atoms with Crippen LogP contribution in [0.3, 0.4) is 0 Å². The fourth-order valence-corrected chi connectivity index (χ4v) is 2.12. The number of nitrogens with one attached hydrogen (secondary N) is 2. The topological polar surface area (TPSA) is 80.0 Å².